The molecule has 1 aromatic carbocycles. The molecule has 0 aromatic heterocycles. The highest BCUT2D eigenvalue weighted by Gasteiger charge is 2.29. The zero-order chi connectivity index (χ0) is 15.0. The number of hydrogen-bond acceptors (Lipinski definition) is 5. The van der Waals surface area contributed by atoms with Crippen molar-refractivity contribution in [3.8, 4) is 11.8 Å². The van der Waals surface area contributed by atoms with Crippen molar-refractivity contribution in [3.63, 3.8) is 0 Å². The van der Waals surface area contributed by atoms with Gasteiger partial charge in [-0.3, -0.25) is 4.57 Å². The van der Waals surface area contributed by atoms with Gasteiger partial charge in [-0.2, -0.15) is 5.26 Å². The van der Waals surface area contributed by atoms with Crippen LogP contribution in [0, 0.1) is 11.3 Å². The zero-order valence-electron chi connectivity index (χ0n) is 11.8. The van der Waals surface area contributed by atoms with Crippen LogP contribution in [-0.4, -0.2) is 20.3 Å². The standard InChI is InChI=1S/C14H18NO4P/c1-4-18-20(16,19-5-2)14-11-13(17-3)9-8-12(14)7-6-10-15/h6-9,11H,4-5H2,1-3H3/b7-6+. The lowest BCUT2D eigenvalue weighted by molar-refractivity contribution is 0.230. The molecule has 0 aliphatic rings. The molecule has 0 fully saturated rings. The predicted octanol–water partition coefficient (Wildman–Crippen LogP) is 3.12. The summed E-state index contributed by atoms with van der Waals surface area (Å²) in [5.74, 6) is 0.550. The second-order valence-electron chi connectivity index (χ2n) is 3.72. The zero-order valence-corrected chi connectivity index (χ0v) is 12.7. The van der Waals surface area contributed by atoms with Gasteiger partial charge in [-0.25, -0.2) is 0 Å². The van der Waals surface area contributed by atoms with Gasteiger partial charge in [0.05, 0.1) is 31.7 Å². The predicted molar refractivity (Wildman–Crippen MR) is 78.1 cm³/mol. The molecule has 0 aliphatic carbocycles. The fourth-order valence-corrected chi connectivity index (χ4v) is 3.46. The summed E-state index contributed by atoms with van der Waals surface area (Å²) in [6.45, 7) is 4.01. The van der Waals surface area contributed by atoms with Gasteiger partial charge in [0.15, 0.2) is 0 Å². The molecule has 0 N–H and O–H groups in total. The third-order valence-corrected chi connectivity index (χ3v) is 4.64. The Labute approximate surface area is 119 Å². The highest BCUT2D eigenvalue weighted by molar-refractivity contribution is 7.62. The van der Waals surface area contributed by atoms with E-state index in [2.05, 4.69) is 0 Å². The second kappa shape index (κ2) is 7.86. The van der Waals surface area contributed by atoms with Crippen molar-refractivity contribution in [2.24, 2.45) is 0 Å². The minimum Gasteiger partial charge on any atom is -0.497 e. The largest absolute Gasteiger partial charge is 0.497 e. The molecule has 0 unspecified atom stereocenters. The number of rotatable bonds is 7. The summed E-state index contributed by atoms with van der Waals surface area (Å²) >= 11 is 0. The van der Waals surface area contributed by atoms with Gasteiger partial charge in [-0.15, -0.1) is 0 Å². The van der Waals surface area contributed by atoms with Gasteiger partial charge in [0.2, 0.25) is 0 Å². The van der Waals surface area contributed by atoms with Crippen LogP contribution in [0.5, 0.6) is 5.75 Å². The first-order chi connectivity index (χ1) is 9.61. The molecule has 108 valence electrons. The Kier molecular flexibility index (Phi) is 6.47. The summed E-state index contributed by atoms with van der Waals surface area (Å²) < 4.78 is 28.7. The van der Waals surface area contributed by atoms with Crippen molar-refractivity contribution in [1.82, 2.24) is 0 Å². The molecule has 1 aromatic rings. The number of hydrogen-bond donors (Lipinski definition) is 0. The fraction of sp³-hybridized carbons (Fsp3) is 0.357. The molecule has 0 amide bonds. The smallest absolute Gasteiger partial charge is 0.362 e. The SMILES string of the molecule is CCOP(=O)(OCC)c1cc(OC)ccc1/C=C/C#N. The van der Waals surface area contributed by atoms with Gasteiger partial charge in [-0.1, -0.05) is 6.07 Å². The Morgan fingerprint density at radius 2 is 1.95 bits per heavy atom. The second-order valence-corrected chi connectivity index (χ2v) is 5.71. The van der Waals surface area contributed by atoms with Crippen molar-refractivity contribution in [3.05, 3.63) is 29.8 Å². The Balaban J connectivity index is 3.39. The summed E-state index contributed by atoms with van der Waals surface area (Å²) in [6, 6.07) is 6.96. The molecule has 1 rings (SSSR count). The van der Waals surface area contributed by atoms with Crippen LogP contribution in [0.4, 0.5) is 0 Å². The summed E-state index contributed by atoms with van der Waals surface area (Å²) in [7, 11) is -1.91. The highest BCUT2D eigenvalue weighted by atomic mass is 31.2. The molecule has 0 atom stereocenters. The normalized spacial score (nSPS) is 11.5. The number of benzene rings is 1. The van der Waals surface area contributed by atoms with Crippen molar-refractivity contribution in [2.75, 3.05) is 20.3 Å². The number of methoxy groups -OCH3 is 1. The van der Waals surface area contributed by atoms with E-state index in [1.807, 2.05) is 6.07 Å². The molecule has 0 bridgehead atoms. The average Bonchev–Trinajstić information content (AvgIpc) is 2.45. The van der Waals surface area contributed by atoms with Crippen molar-refractivity contribution >= 4 is 19.0 Å². The molecule has 0 aliphatic heterocycles. The summed E-state index contributed by atoms with van der Waals surface area (Å²) in [5, 5.41) is 9.03. The van der Waals surface area contributed by atoms with Gasteiger partial charge in [0.1, 0.15) is 5.75 Å². The van der Waals surface area contributed by atoms with E-state index in [0.717, 1.165) is 0 Å². The summed E-state index contributed by atoms with van der Waals surface area (Å²) in [5.41, 5.74) is 0.609. The topological polar surface area (TPSA) is 68.6 Å². The van der Waals surface area contributed by atoms with E-state index >= 15 is 0 Å². The maximum absolute atomic E-state index is 12.9. The Morgan fingerprint density at radius 1 is 1.30 bits per heavy atom. The van der Waals surface area contributed by atoms with E-state index in [4.69, 9.17) is 19.0 Å². The van der Waals surface area contributed by atoms with E-state index in [0.29, 0.717) is 16.6 Å². The fourth-order valence-electron chi connectivity index (χ4n) is 1.67. The van der Waals surface area contributed by atoms with E-state index < -0.39 is 7.60 Å². The van der Waals surface area contributed by atoms with Crippen LogP contribution in [0.25, 0.3) is 6.08 Å². The lowest BCUT2D eigenvalue weighted by Gasteiger charge is -2.19. The van der Waals surface area contributed by atoms with Gasteiger partial charge >= 0.3 is 7.60 Å². The van der Waals surface area contributed by atoms with Gasteiger partial charge in [0, 0.05) is 6.08 Å². The number of ether oxygens (including phenoxy) is 1. The highest BCUT2D eigenvalue weighted by Crippen LogP contribution is 2.48. The van der Waals surface area contributed by atoms with Crippen LogP contribution in [0.3, 0.4) is 0 Å². The Hall–Kier alpha value is -1.60. The maximum Gasteiger partial charge on any atom is 0.362 e. The van der Waals surface area contributed by atoms with Gasteiger partial charge in [-0.05, 0) is 37.6 Å². The first-order valence-corrected chi connectivity index (χ1v) is 7.79. The first-order valence-electron chi connectivity index (χ1n) is 6.25. The molecule has 6 heteroatoms. The molecule has 0 spiro atoms. The number of allylic oxidation sites excluding steroid dienone is 1. The Bertz CT molecular complexity index is 553. The maximum atomic E-state index is 12.9. The summed E-state index contributed by atoms with van der Waals surface area (Å²) in [6.07, 6.45) is 2.88. The average molecular weight is 295 g/mol. The van der Waals surface area contributed by atoms with Crippen LogP contribution >= 0.6 is 7.60 Å². The van der Waals surface area contributed by atoms with Gasteiger partial charge < -0.3 is 13.8 Å². The van der Waals surface area contributed by atoms with Crippen LogP contribution in [0.15, 0.2) is 24.3 Å². The van der Waals surface area contributed by atoms with Gasteiger partial charge in [0.25, 0.3) is 0 Å². The van der Waals surface area contributed by atoms with Crippen LogP contribution in [0.1, 0.15) is 19.4 Å². The van der Waals surface area contributed by atoms with E-state index in [9.17, 15) is 4.57 Å². The number of nitrogens with zero attached hydrogens (tertiary/aromatic N) is 1. The molecular formula is C14H18NO4P. The van der Waals surface area contributed by atoms with Crippen molar-refractivity contribution < 1.29 is 18.3 Å². The molecule has 5 nitrogen and oxygen atoms in total. The van der Waals surface area contributed by atoms with E-state index in [1.165, 1.54) is 13.2 Å². The third kappa shape index (κ3) is 3.94. The minimum atomic E-state index is -3.43. The number of nitriles is 1. The van der Waals surface area contributed by atoms with E-state index in [-0.39, 0.29) is 13.2 Å². The molecule has 0 saturated heterocycles. The molecule has 0 radical (unpaired) electrons. The van der Waals surface area contributed by atoms with Crippen LogP contribution < -0.4 is 10.0 Å². The van der Waals surface area contributed by atoms with Crippen molar-refractivity contribution in [2.45, 2.75) is 13.8 Å². The van der Waals surface area contributed by atoms with E-state index in [1.54, 1.807) is 38.1 Å². The molecule has 20 heavy (non-hydrogen) atoms. The van der Waals surface area contributed by atoms with Crippen LogP contribution in [0.2, 0.25) is 0 Å². The van der Waals surface area contributed by atoms with Crippen molar-refractivity contribution in [1.29, 1.82) is 5.26 Å². The molecule has 0 heterocycles. The summed E-state index contributed by atoms with van der Waals surface area (Å²) in [4.78, 5) is 0. The Morgan fingerprint density at radius 3 is 2.45 bits per heavy atom. The molecular weight excluding hydrogens is 277 g/mol. The first kappa shape index (κ1) is 16.5. The molecule has 0 saturated carbocycles. The monoisotopic (exact) mass is 295 g/mol. The quantitative estimate of drug-likeness (QED) is 0.571. The lowest BCUT2D eigenvalue weighted by atomic mass is 10.2. The lowest BCUT2D eigenvalue weighted by Crippen LogP contribution is -2.14. The third-order valence-electron chi connectivity index (χ3n) is 2.47. The minimum absolute atomic E-state index is 0.260. The van der Waals surface area contributed by atoms with Crippen LogP contribution in [-0.2, 0) is 13.6 Å².